The van der Waals surface area contributed by atoms with Crippen LogP contribution in [-0.2, 0) is 16.6 Å². The summed E-state index contributed by atoms with van der Waals surface area (Å²) in [6, 6.07) is 22.1. The fourth-order valence-corrected chi connectivity index (χ4v) is 8.42. The van der Waals surface area contributed by atoms with E-state index < -0.39 is 0 Å². The molecule has 4 saturated carbocycles. The minimum atomic E-state index is -0.0726. The Morgan fingerprint density at radius 1 is 0.844 bits per heavy atom. The number of carbonyl (C=O) groups is 1. The van der Waals surface area contributed by atoms with E-state index in [0.717, 1.165) is 50.1 Å². The van der Waals surface area contributed by atoms with E-state index in [1.807, 2.05) is 0 Å². The lowest BCUT2D eigenvalue weighted by atomic mass is 9.42. The molecule has 32 heavy (non-hydrogen) atoms. The molecule has 0 radical (unpaired) electrons. The summed E-state index contributed by atoms with van der Waals surface area (Å²) in [5.41, 5.74) is 3.14. The van der Waals surface area contributed by atoms with Gasteiger partial charge in [0, 0.05) is 13.1 Å². The van der Waals surface area contributed by atoms with Gasteiger partial charge in [0.2, 0.25) is 5.91 Å². The van der Waals surface area contributed by atoms with Gasteiger partial charge in [-0.2, -0.15) is 0 Å². The predicted molar refractivity (Wildman–Crippen MR) is 129 cm³/mol. The van der Waals surface area contributed by atoms with Gasteiger partial charge in [-0.1, -0.05) is 60.7 Å². The summed E-state index contributed by atoms with van der Waals surface area (Å²) < 4.78 is 0. The van der Waals surface area contributed by atoms with Crippen molar-refractivity contribution in [3.05, 3.63) is 71.8 Å². The van der Waals surface area contributed by atoms with Crippen molar-refractivity contribution in [3.8, 4) is 0 Å². The Bertz CT molecular complexity index is 929. The van der Waals surface area contributed by atoms with Gasteiger partial charge in [0.25, 0.3) is 0 Å². The zero-order valence-corrected chi connectivity index (χ0v) is 19.3. The molecule has 4 aliphatic carbocycles. The highest BCUT2D eigenvalue weighted by atomic mass is 16.2. The molecule has 0 N–H and O–H groups in total. The molecule has 2 atom stereocenters. The minimum Gasteiger partial charge on any atom is -0.342 e. The summed E-state index contributed by atoms with van der Waals surface area (Å²) in [6.45, 7) is 1.96. The number of hydrogen-bond acceptors (Lipinski definition) is 1. The standard InChI is InChI=1S/C30H37NO/c32-28(31-15-13-24(14-16-31)12-11-23-7-3-1-4-8-23)30-20-25-17-26(21-30)19-29(18-25,22-30)27-9-5-2-6-10-27/h1-10,24-26H,11-22H2. The molecule has 2 nitrogen and oxygen atoms in total. The quantitative estimate of drug-likeness (QED) is 0.541. The van der Waals surface area contributed by atoms with Crippen molar-refractivity contribution < 1.29 is 4.79 Å². The topological polar surface area (TPSA) is 20.3 Å². The molecule has 0 aromatic heterocycles. The first-order valence-electron chi connectivity index (χ1n) is 13.0. The molecule has 1 amide bonds. The number of amides is 1. The number of nitrogens with zero attached hydrogens (tertiary/aromatic N) is 1. The zero-order valence-electron chi connectivity index (χ0n) is 19.3. The van der Waals surface area contributed by atoms with Gasteiger partial charge in [0.15, 0.2) is 0 Å². The Morgan fingerprint density at radius 2 is 1.47 bits per heavy atom. The van der Waals surface area contributed by atoms with Crippen molar-refractivity contribution >= 4 is 5.91 Å². The fourth-order valence-electron chi connectivity index (χ4n) is 8.42. The van der Waals surface area contributed by atoms with Crippen LogP contribution in [0.1, 0.15) is 68.9 Å². The molecule has 168 valence electrons. The van der Waals surface area contributed by atoms with E-state index in [2.05, 4.69) is 65.6 Å². The van der Waals surface area contributed by atoms with Crippen LogP contribution in [0, 0.1) is 23.2 Å². The highest BCUT2D eigenvalue weighted by Gasteiger charge is 2.61. The number of carbonyl (C=O) groups excluding carboxylic acids is 1. The van der Waals surface area contributed by atoms with Crippen LogP contribution in [-0.4, -0.2) is 23.9 Å². The van der Waals surface area contributed by atoms with E-state index in [4.69, 9.17) is 0 Å². The summed E-state index contributed by atoms with van der Waals surface area (Å²) >= 11 is 0. The van der Waals surface area contributed by atoms with E-state index in [0.29, 0.717) is 5.91 Å². The van der Waals surface area contributed by atoms with Crippen LogP contribution in [0.5, 0.6) is 0 Å². The van der Waals surface area contributed by atoms with Crippen molar-refractivity contribution in [2.75, 3.05) is 13.1 Å². The minimum absolute atomic E-state index is 0.0726. The van der Waals surface area contributed by atoms with Gasteiger partial charge in [-0.15, -0.1) is 0 Å². The number of hydrogen-bond donors (Lipinski definition) is 0. The molecular formula is C30H37NO. The van der Waals surface area contributed by atoms with E-state index in [9.17, 15) is 4.79 Å². The van der Waals surface area contributed by atoms with Crippen molar-refractivity contribution in [1.82, 2.24) is 4.90 Å². The van der Waals surface area contributed by atoms with Crippen LogP contribution in [0.25, 0.3) is 0 Å². The molecule has 1 saturated heterocycles. The third-order valence-electron chi connectivity index (χ3n) is 9.49. The van der Waals surface area contributed by atoms with Crippen molar-refractivity contribution in [3.63, 3.8) is 0 Å². The van der Waals surface area contributed by atoms with E-state index in [1.165, 1.54) is 56.1 Å². The molecule has 2 unspecified atom stereocenters. The number of piperidine rings is 1. The lowest BCUT2D eigenvalue weighted by molar-refractivity contribution is -0.161. The average Bonchev–Trinajstić information content (AvgIpc) is 2.83. The highest BCUT2D eigenvalue weighted by molar-refractivity contribution is 5.83. The van der Waals surface area contributed by atoms with Gasteiger partial charge >= 0.3 is 0 Å². The van der Waals surface area contributed by atoms with Crippen molar-refractivity contribution in [2.45, 2.75) is 69.6 Å². The molecule has 5 fully saturated rings. The van der Waals surface area contributed by atoms with Crippen LogP contribution in [0.3, 0.4) is 0 Å². The Kier molecular flexibility index (Phi) is 5.16. The summed E-state index contributed by atoms with van der Waals surface area (Å²) in [6.07, 6.45) is 12.2. The van der Waals surface area contributed by atoms with Crippen molar-refractivity contribution in [1.29, 1.82) is 0 Å². The molecule has 1 heterocycles. The first-order valence-corrected chi connectivity index (χ1v) is 13.0. The number of benzene rings is 2. The summed E-state index contributed by atoms with van der Waals surface area (Å²) in [5, 5.41) is 0. The van der Waals surface area contributed by atoms with Gasteiger partial charge in [0.1, 0.15) is 0 Å². The average molecular weight is 428 g/mol. The predicted octanol–water partition coefficient (Wildman–Crippen LogP) is 6.40. The van der Waals surface area contributed by atoms with Gasteiger partial charge in [-0.05, 0) is 98.5 Å². The summed E-state index contributed by atoms with van der Waals surface area (Å²) in [4.78, 5) is 16.3. The van der Waals surface area contributed by atoms with Gasteiger partial charge in [-0.3, -0.25) is 4.79 Å². The maximum atomic E-state index is 14.0. The largest absolute Gasteiger partial charge is 0.342 e. The molecule has 4 bridgehead atoms. The van der Waals surface area contributed by atoms with Crippen LogP contribution < -0.4 is 0 Å². The maximum Gasteiger partial charge on any atom is 0.228 e. The Morgan fingerprint density at radius 3 is 2.12 bits per heavy atom. The highest BCUT2D eigenvalue weighted by Crippen LogP contribution is 2.66. The van der Waals surface area contributed by atoms with E-state index >= 15 is 0 Å². The second kappa shape index (κ2) is 8.04. The normalized spacial score (nSPS) is 34.1. The molecule has 2 aromatic carbocycles. The third-order valence-corrected chi connectivity index (χ3v) is 9.49. The molecule has 1 aliphatic heterocycles. The number of aryl methyl sites for hydroxylation is 1. The fraction of sp³-hybridized carbons (Fsp3) is 0.567. The molecule has 7 rings (SSSR count). The van der Waals surface area contributed by atoms with Crippen LogP contribution in [0.4, 0.5) is 0 Å². The Balaban J connectivity index is 1.13. The van der Waals surface area contributed by atoms with Crippen molar-refractivity contribution in [2.24, 2.45) is 23.2 Å². The Labute approximate surface area is 193 Å². The molecular weight excluding hydrogens is 390 g/mol. The maximum absolute atomic E-state index is 14.0. The monoisotopic (exact) mass is 427 g/mol. The lowest BCUT2D eigenvalue weighted by Gasteiger charge is -2.62. The second-order valence-corrected chi connectivity index (χ2v) is 11.6. The third kappa shape index (κ3) is 3.60. The lowest BCUT2D eigenvalue weighted by Crippen LogP contribution is -2.60. The molecule has 5 aliphatic rings. The van der Waals surface area contributed by atoms with Crippen LogP contribution in [0.15, 0.2) is 60.7 Å². The van der Waals surface area contributed by atoms with Gasteiger partial charge in [-0.25, -0.2) is 0 Å². The second-order valence-electron chi connectivity index (χ2n) is 11.6. The first-order chi connectivity index (χ1) is 15.6. The van der Waals surface area contributed by atoms with Crippen LogP contribution in [0.2, 0.25) is 0 Å². The molecule has 2 heteroatoms. The van der Waals surface area contributed by atoms with Crippen LogP contribution >= 0.6 is 0 Å². The van der Waals surface area contributed by atoms with Gasteiger partial charge < -0.3 is 4.90 Å². The number of likely N-dealkylation sites (tertiary alicyclic amines) is 1. The smallest absolute Gasteiger partial charge is 0.228 e. The number of rotatable bonds is 5. The molecule has 2 aromatic rings. The van der Waals surface area contributed by atoms with E-state index in [-0.39, 0.29) is 10.8 Å². The SMILES string of the molecule is O=C(N1CCC(CCc2ccccc2)CC1)C12CC3CC(C1)CC(c1ccccc1)(C3)C2. The van der Waals surface area contributed by atoms with Gasteiger partial charge in [0.05, 0.1) is 5.41 Å². The zero-order chi connectivity index (χ0) is 21.6. The summed E-state index contributed by atoms with van der Waals surface area (Å²) in [5.74, 6) is 2.80. The summed E-state index contributed by atoms with van der Waals surface area (Å²) in [7, 11) is 0. The first kappa shape index (κ1) is 20.5. The van der Waals surface area contributed by atoms with E-state index in [1.54, 1.807) is 0 Å². The molecule has 0 spiro atoms. The Hall–Kier alpha value is -2.09.